The van der Waals surface area contributed by atoms with Crippen LogP contribution < -0.4 is 0 Å². The van der Waals surface area contributed by atoms with E-state index in [1.54, 1.807) is 31.2 Å². The summed E-state index contributed by atoms with van der Waals surface area (Å²) in [5.74, 6) is 0. The molecule has 1 unspecified atom stereocenters. The molecular formula is C13H18O3S. The predicted molar refractivity (Wildman–Crippen MR) is 69.4 cm³/mol. The van der Waals surface area contributed by atoms with E-state index in [9.17, 15) is 13.0 Å². The van der Waals surface area contributed by atoms with Gasteiger partial charge in [0.1, 0.15) is 4.75 Å². The summed E-state index contributed by atoms with van der Waals surface area (Å²) < 4.78 is 31.8. The van der Waals surface area contributed by atoms with Gasteiger partial charge in [0.15, 0.2) is 0 Å². The Kier molecular flexibility index (Phi) is 4.11. The van der Waals surface area contributed by atoms with Crippen LogP contribution in [0.2, 0.25) is 0 Å². The third-order valence-electron chi connectivity index (χ3n) is 2.97. The second-order valence-electron chi connectivity index (χ2n) is 4.20. The first-order valence-corrected chi connectivity index (χ1v) is 6.98. The molecule has 0 aliphatic carbocycles. The number of hydrogen-bond acceptors (Lipinski definition) is 2. The minimum absolute atomic E-state index is 0.325. The SMILES string of the molecule is C=C(C)C(CCC)(c1ccccc1)S(=O)(=O)O. The molecule has 1 rings (SSSR count). The van der Waals surface area contributed by atoms with Gasteiger partial charge in [0, 0.05) is 0 Å². The van der Waals surface area contributed by atoms with Crippen molar-refractivity contribution in [3.05, 3.63) is 48.0 Å². The summed E-state index contributed by atoms with van der Waals surface area (Å²) in [6.07, 6.45) is 0.965. The molecule has 0 aliphatic rings. The van der Waals surface area contributed by atoms with Crippen LogP contribution in [0, 0.1) is 0 Å². The van der Waals surface area contributed by atoms with Gasteiger partial charge in [-0.2, -0.15) is 8.42 Å². The van der Waals surface area contributed by atoms with E-state index >= 15 is 0 Å². The highest BCUT2D eigenvalue weighted by molar-refractivity contribution is 7.87. The van der Waals surface area contributed by atoms with Gasteiger partial charge in [0.2, 0.25) is 0 Å². The molecule has 17 heavy (non-hydrogen) atoms. The van der Waals surface area contributed by atoms with Crippen LogP contribution in [0.5, 0.6) is 0 Å². The minimum atomic E-state index is -4.24. The van der Waals surface area contributed by atoms with E-state index in [1.807, 2.05) is 13.0 Å². The van der Waals surface area contributed by atoms with Gasteiger partial charge in [-0.25, -0.2) is 0 Å². The molecule has 0 amide bonds. The molecule has 0 spiro atoms. The Morgan fingerprint density at radius 2 is 1.88 bits per heavy atom. The zero-order valence-corrected chi connectivity index (χ0v) is 11.0. The smallest absolute Gasteiger partial charge is 0.278 e. The lowest BCUT2D eigenvalue weighted by Gasteiger charge is -2.31. The summed E-state index contributed by atoms with van der Waals surface area (Å²) >= 11 is 0. The van der Waals surface area contributed by atoms with Gasteiger partial charge in [0.25, 0.3) is 10.1 Å². The first-order chi connectivity index (χ1) is 7.86. The fourth-order valence-electron chi connectivity index (χ4n) is 2.16. The van der Waals surface area contributed by atoms with E-state index in [0.29, 0.717) is 24.0 Å². The zero-order chi connectivity index (χ0) is 13.1. The molecule has 1 N–H and O–H groups in total. The molecule has 94 valence electrons. The zero-order valence-electron chi connectivity index (χ0n) is 10.2. The fraction of sp³-hybridized carbons (Fsp3) is 0.385. The Morgan fingerprint density at radius 1 is 1.35 bits per heavy atom. The predicted octanol–water partition coefficient (Wildman–Crippen LogP) is 3.15. The summed E-state index contributed by atoms with van der Waals surface area (Å²) in [7, 11) is -4.24. The van der Waals surface area contributed by atoms with Gasteiger partial charge >= 0.3 is 0 Å². The fourth-order valence-corrected chi connectivity index (χ4v) is 3.50. The standard InChI is InChI=1S/C13H18O3S/c1-4-10-13(11(2)3,17(14,15)16)12-8-6-5-7-9-12/h5-9H,2,4,10H2,1,3H3,(H,14,15,16). The van der Waals surface area contributed by atoms with E-state index in [0.717, 1.165) is 0 Å². The third kappa shape index (κ3) is 2.42. The first kappa shape index (κ1) is 13.9. The Labute approximate surface area is 103 Å². The lowest BCUT2D eigenvalue weighted by Crippen LogP contribution is -2.36. The maximum Gasteiger partial charge on any atom is 0.278 e. The second-order valence-corrected chi connectivity index (χ2v) is 5.85. The van der Waals surface area contributed by atoms with Crippen LogP contribution in [0.25, 0.3) is 0 Å². The normalized spacial score (nSPS) is 15.2. The minimum Gasteiger partial charge on any atom is -0.285 e. The molecule has 0 bridgehead atoms. The van der Waals surface area contributed by atoms with Crippen LogP contribution in [0.15, 0.2) is 42.5 Å². The van der Waals surface area contributed by atoms with Crippen LogP contribution in [0.4, 0.5) is 0 Å². The monoisotopic (exact) mass is 254 g/mol. The van der Waals surface area contributed by atoms with Crippen LogP contribution in [-0.4, -0.2) is 13.0 Å². The largest absolute Gasteiger partial charge is 0.285 e. The summed E-state index contributed by atoms with van der Waals surface area (Å²) in [4.78, 5) is 0. The van der Waals surface area contributed by atoms with E-state index in [4.69, 9.17) is 0 Å². The van der Waals surface area contributed by atoms with Crippen molar-refractivity contribution in [2.75, 3.05) is 0 Å². The topological polar surface area (TPSA) is 54.4 Å². The van der Waals surface area contributed by atoms with Crippen molar-refractivity contribution in [3.8, 4) is 0 Å². The highest BCUT2D eigenvalue weighted by Gasteiger charge is 2.44. The molecule has 1 aromatic rings. The molecule has 0 saturated heterocycles. The van der Waals surface area contributed by atoms with Crippen LogP contribution in [-0.2, 0) is 14.9 Å². The summed E-state index contributed by atoms with van der Waals surface area (Å²) in [5, 5.41) is 0. The van der Waals surface area contributed by atoms with Crippen molar-refractivity contribution in [1.29, 1.82) is 0 Å². The van der Waals surface area contributed by atoms with E-state index in [1.165, 1.54) is 0 Å². The van der Waals surface area contributed by atoms with Crippen molar-refractivity contribution < 1.29 is 13.0 Å². The highest BCUT2D eigenvalue weighted by Crippen LogP contribution is 2.40. The van der Waals surface area contributed by atoms with Crippen molar-refractivity contribution in [3.63, 3.8) is 0 Å². The molecule has 0 aliphatic heterocycles. The molecule has 0 fully saturated rings. The van der Waals surface area contributed by atoms with Gasteiger partial charge in [0.05, 0.1) is 0 Å². The average molecular weight is 254 g/mol. The van der Waals surface area contributed by atoms with Gasteiger partial charge < -0.3 is 0 Å². The van der Waals surface area contributed by atoms with Crippen molar-refractivity contribution in [2.45, 2.75) is 31.4 Å². The molecule has 0 aromatic heterocycles. The first-order valence-electron chi connectivity index (χ1n) is 5.54. The lowest BCUT2D eigenvalue weighted by atomic mass is 9.88. The summed E-state index contributed by atoms with van der Waals surface area (Å²) in [6, 6.07) is 8.74. The molecule has 0 saturated carbocycles. The molecular weight excluding hydrogens is 236 g/mol. The van der Waals surface area contributed by atoms with Gasteiger partial charge in [-0.3, -0.25) is 4.55 Å². The van der Waals surface area contributed by atoms with Crippen molar-refractivity contribution in [1.82, 2.24) is 0 Å². The Bertz CT molecular complexity index is 491. The molecule has 3 nitrogen and oxygen atoms in total. The maximum atomic E-state index is 11.8. The van der Waals surface area contributed by atoms with E-state index < -0.39 is 14.9 Å². The number of hydrogen-bond donors (Lipinski definition) is 1. The Hall–Kier alpha value is -1.13. The van der Waals surface area contributed by atoms with Crippen molar-refractivity contribution in [2.24, 2.45) is 0 Å². The van der Waals surface area contributed by atoms with Gasteiger partial charge in [-0.15, -0.1) is 0 Å². The summed E-state index contributed by atoms with van der Waals surface area (Å²) in [5.41, 5.74) is 1.00. The molecule has 0 radical (unpaired) electrons. The van der Waals surface area contributed by atoms with Gasteiger partial charge in [-0.05, 0) is 18.9 Å². The quantitative estimate of drug-likeness (QED) is 0.648. The molecule has 4 heteroatoms. The molecule has 1 aromatic carbocycles. The molecule has 1 atom stereocenters. The highest BCUT2D eigenvalue weighted by atomic mass is 32.2. The lowest BCUT2D eigenvalue weighted by molar-refractivity contribution is 0.432. The van der Waals surface area contributed by atoms with Gasteiger partial charge in [-0.1, -0.05) is 55.8 Å². The second kappa shape index (κ2) is 5.02. The van der Waals surface area contributed by atoms with E-state index in [-0.39, 0.29) is 0 Å². The Morgan fingerprint density at radius 3 is 2.24 bits per heavy atom. The van der Waals surface area contributed by atoms with Crippen LogP contribution >= 0.6 is 0 Å². The third-order valence-corrected chi connectivity index (χ3v) is 4.64. The number of rotatable bonds is 5. The average Bonchev–Trinajstić information content (AvgIpc) is 2.24. The number of benzene rings is 1. The summed E-state index contributed by atoms with van der Waals surface area (Å²) in [6.45, 7) is 7.27. The van der Waals surface area contributed by atoms with Crippen LogP contribution in [0.3, 0.4) is 0 Å². The molecule has 0 heterocycles. The van der Waals surface area contributed by atoms with Crippen LogP contribution in [0.1, 0.15) is 32.3 Å². The maximum absolute atomic E-state index is 11.8. The van der Waals surface area contributed by atoms with Crippen molar-refractivity contribution >= 4 is 10.1 Å². The Balaban J connectivity index is 3.53. The van der Waals surface area contributed by atoms with E-state index in [2.05, 4.69) is 6.58 Å².